The third-order valence-electron chi connectivity index (χ3n) is 4.62. The SMILES string of the molecule is CC1Oc2cc(N3CCCC3=O)c(F)cc2-c2cnc(NC(=O)O)cc21. The molecule has 2 N–H and O–H groups in total. The van der Waals surface area contributed by atoms with Crippen LogP contribution >= 0.6 is 0 Å². The van der Waals surface area contributed by atoms with Gasteiger partial charge >= 0.3 is 6.09 Å². The van der Waals surface area contributed by atoms with Gasteiger partial charge in [0.1, 0.15) is 23.5 Å². The molecule has 1 fully saturated rings. The summed E-state index contributed by atoms with van der Waals surface area (Å²) >= 11 is 0. The lowest BCUT2D eigenvalue weighted by atomic mass is 9.94. The van der Waals surface area contributed by atoms with Crippen LogP contribution < -0.4 is 15.0 Å². The van der Waals surface area contributed by atoms with E-state index in [1.807, 2.05) is 6.92 Å². The molecule has 0 aliphatic carbocycles. The maximum atomic E-state index is 14.7. The van der Waals surface area contributed by atoms with Crippen molar-refractivity contribution in [3.8, 4) is 16.9 Å². The van der Waals surface area contributed by atoms with Gasteiger partial charge in [-0.15, -0.1) is 0 Å². The van der Waals surface area contributed by atoms with Crippen molar-refractivity contribution in [2.24, 2.45) is 0 Å². The summed E-state index contributed by atoms with van der Waals surface area (Å²) in [6.07, 6.45) is 1.03. The summed E-state index contributed by atoms with van der Waals surface area (Å²) in [5, 5.41) is 11.0. The van der Waals surface area contributed by atoms with Gasteiger partial charge in [-0.05, 0) is 25.5 Å². The van der Waals surface area contributed by atoms with Crippen LogP contribution in [0.1, 0.15) is 31.4 Å². The number of amides is 2. The number of aromatic nitrogens is 1. The first kappa shape index (κ1) is 16.3. The molecule has 1 atom stereocenters. The van der Waals surface area contributed by atoms with Crippen LogP contribution in [0.25, 0.3) is 11.1 Å². The van der Waals surface area contributed by atoms with Crippen molar-refractivity contribution in [2.75, 3.05) is 16.8 Å². The molecule has 2 aromatic rings. The van der Waals surface area contributed by atoms with Crippen molar-refractivity contribution < 1.29 is 23.8 Å². The zero-order valence-electron chi connectivity index (χ0n) is 14.0. The molecule has 3 heterocycles. The summed E-state index contributed by atoms with van der Waals surface area (Å²) in [4.78, 5) is 28.2. The summed E-state index contributed by atoms with van der Waals surface area (Å²) in [7, 11) is 0. The lowest BCUT2D eigenvalue weighted by Gasteiger charge is -2.28. The molecule has 2 amide bonds. The van der Waals surface area contributed by atoms with Crippen LogP contribution in [0.5, 0.6) is 5.75 Å². The van der Waals surface area contributed by atoms with Crippen LogP contribution in [0.4, 0.5) is 20.7 Å². The molecular formula is C18H16FN3O4. The highest BCUT2D eigenvalue weighted by atomic mass is 19.1. The van der Waals surface area contributed by atoms with Crippen molar-refractivity contribution in [1.82, 2.24) is 4.98 Å². The van der Waals surface area contributed by atoms with Crippen LogP contribution in [0.15, 0.2) is 24.4 Å². The van der Waals surface area contributed by atoms with E-state index in [2.05, 4.69) is 10.3 Å². The topological polar surface area (TPSA) is 91.8 Å². The van der Waals surface area contributed by atoms with E-state index in [0.29, 0.717) is 41.8 Å². The molecule has 0 saturated carbocycles. The van der Waals surface area contributed by atoms with Gasteiger partial charge in [-0.3, -0.25) is 10.1 Å². The minimum atomic E-state index is -1.21. The van der Waals surface area contributed by atoms with Gasteiger partial charge in [0.05, 0.1) is 5.69 Å². The van der Waals surface area contributed by atoms with E-state index in [0.717, 1.165) is 0 Å². The number of carboxylic acid groups (broad SMARTS) is 1. The van der Waals surface area contributed by atoms with E-state index in [1.165, 1.54) is 17.2 Å². The van der Waals surface area contributed by atoms with Crippen molar-refractivity contribution in [2.45, 2.75) is 25.9 Å². The number of pyridine rings is 1. The number of anilines is 2. The van der Waals surface area contributed by atoms with Gasteiger partial charge in [-0.1, -0.05) is 0 Å². The fraction of sp³-hybridized carbons (Fsp3) is 0.278. The molecular weight excluding hydrogens is 341 g/mol. The molecule has 1 saturated heterocycles. The first-order valence-electron chi connectivity index (χ1n) is 8.25. The number of carbonyl (C=O) groups is 2. The Kier molecular flexibility index (Phi) is 3.75. The maximum Gasteiger partial charge on any atom is 0.410 e. The third kappa shape index (κ3) is 2.63. The molecule has 0 radical (unpaired) electrons. The minimum absolute atomic E-state index is 0.0980. The number of fused-ring (bicyclic) bond motifs is 3. The average Bonchev–Trinajstić information content (AvgIpc) is 3.01. The largest absolute Gasteiger partial charge is 0.485 e. The number of hydrogen-bond donors (Lipinski definition) is 2. The summed E-state index contributed by atoms with van der Waals surface area (Å²) < 4.78 is 20.6. The Balaban J connectivity index is 1.79. The smallest absolute Gasteiger partial charge is 0.410 e. The zero-order valence-corrected chi connectivity index (χ0v) is 14.0. The van der Waals surface area contributed by atoms with Crippen molar-refractivity contribution in [3.05, 3.63) is 35.8 Å². The van der Waals surface area contributed by atoms with E-state index >= 15 is 0 Å². The number of ether oxygens (including phenoxy) is 1. The van der Waals surface area contributed by atoms with E-state index in [9.17, 15) is 14.0 Å². The number of benzene rings is 1. The van der Waals surface area contributed by atoms with Crippen LogP contribution in [0.2, 0.25) is 0 Å². The Labute approximate surface area is 148 Å². The summed E-state index contributed by atoms with van der Waals surface area (Å²) in [5.41, 5.74) is 2.13. The second-order valence-corrected chi connectivity index (χ2v) is 6.30. The van der Waals surface area contributed by atoms with E-state index in [-0.39, 0.29) is 23.5 Å². The second kappa shape index (κ2) is 5.98. The lowest BCUT2D eigenvalue weighted by molar-refractivity contribution is -0.117. The summed E-state index contributed by atoms with van der Waals surface area (Å²) in [5.74, 6) is 0.0479. The predicted octanol–water partition coefficient (Wildman–Crippen LogP) is 3.56. The number of nitrogens with one attached hydrogen (secondary N) is 1. The predicted molar refractivity (Wildman–Crippen MR) is 91.9 cm³/mol. The molecule has 8 heteroatoms. The van der Waals surface area contributed by atoms with Crippen molar-refractivity contribution >= 4 is 23.5 Å². The maximum absolute atomic E-state index is 14.7. The molecule has 1 unspecified atom stereocenters. The molecule has 1 aromatic carbocycles. The molecule has 134 valence electrons. The zero-order chi connectivity index (χ0) is 18.4. The molecule has 2 aliphatic heterocycles. The molecule has 2 aliphatic rings. The van der Waals surface area contributed by atoms with Gasteiger partial charge in [0.15, 0.2) is 0 Å². The Morgan fingerprint density at radius 2 is 2.19 bits per heavy atom. The van der Waals surface area contributed by atoms with Gasteiger partial charge in [-0.25, -0.2) is 14.2 Å². The standard InChI is InChI=1S/C18H16FN3O4/c1-9-10-6-16(21-18(24)25)20-8-12(10)11-5-13(19)14(7-15(11)26-9)22-4-2-3-17(22)23/h5-9H,2-4H2,1H3,(H,20,21)(H,24,25). The Morgan fingerprint density at radius 3 is 2.88 bits per heavy atom. The highest BCUT2D eigenvalue weighted by Crippen LogP contribution is 2.45. The number of nitrogens with zero attached hydrogens (tertiary/aromatic N) is 2. The molecule has 26 heavy (non-hydrogen) atoms. The molecule has 0 spiro atoms. The van der Waals surface area contributed by atoms with E-state index in [1.54, 1.807) is 12.1 Å². The average molecular weight is 357 g/mol. The Morgan fingerprint density at radius 1 is 1.38 bits per heavy atom. The van der Waals surface area contributed by atoms with Gasteiger partial charge in [0.25, 0.3) is 0 Å². The highest BCUT2D eigenvalue weighted by Gasteiger charge is 2.30. The van der Waals surface area contributed by atoms with Gasteiger partial charge in [0, 0.05) is 41.9 Å². The van der Waals surface area contributed by atoms with Gasteiger partial charge < -0.3 is 14.7 Å². The summed E-state index contributed by atoms with van der Waals surface area (Å²) in [6, 6.07) is 4.47. The summed E-state index contributed by atoms with van der Waals surface area (Å²) in [6.45, 7) is 2.31. The van der Waals surface area contributed by atoms with E-state index < -0.39 is 11.9 Å². The molecule has 1 aromatic heterocycles. The van der Waals surface area contributed by atoms with Gasteiger partial charge in [-0.2, -0.15) is 0 Å². The Bertz CT molecular complexity index is 931. The normalized spacial score (nSPS) is 18.2. The molecule has 7 nitrogen and oxygen atoms in total. The second-order valence-electron chi connectivity index (χ2n) is 6.30. The van der Waals surface area contributed by atoms with Crippen LogP contribution in [0, 0.1) is 5.82 Å². The number of halogens is 1. The van der Waals surface area contributed by atoms with Gasteiger partial charge in [0.2, 0.25) is 5.91 Å². The number of hydrogen-bond acceptors (Lipinski definition) is 4. The van der Waals surface area contributed by atoms with E-state index in [4.69, 9.17) is 9.84 Å². The van der Waals surface area contributed by atoms with Crippen LogP contribution in [-0.2, 0) is 4.79 Å². The first-order chi connectivity index (χ1) is 12.4. The minimum Gasteiger partial charge on any atom is -0.485 e. The molecule has 0 bridgehead atoms. The van der Waals surface area contributed by atoms with Crippen molar-refractivity contribution in [3.63, 3.8) is 0 Å². The number of rotatable bonds is 2. The lowest BCUT2D eigenvalue weighted by Crippen LogP contribution is -2.25. The number of carbonyl (C=O) groups excluding carboxylic acids is 1. The van der Waals surface area contributed by atoms with Crippen LogP contribution in [-0.4, -0.2) is 28.6 Å². The highest BCUT2D eigenvalue weighted by molar-refractivity contribution is 5.96. The quantitative estimate of drug-likeness (QED) is 0.857. The monoisotopic (exact) mass is 357 g/mol. The Hall–Kier alpha value is -3.16. The van der Waals surface area contributed by atoms with Crippen molar-refractivity contribution in [1.29, 1.82) is 0 Å². The third-order valence-corrected chi connectivity index (χ3v) is 4.62. The first-order valence-corrected chi connectivity index (χ1v) is 8.25. The fourth-order valence-corrected chi connectivity index (χ4v) is 3.42. The van der Waals surface area contributed by atoms with Crippen LogP contribution in [0.3, 0.4) is 0 Å². The fourth-order valence-electron chi connectivity index (χ4n) is 3.42. The molecule has 4 rings (SSSR count).